The van der Waals surface area contributed by atoms with E-state index in [1.165, 1.54) is 0 Å². The van der Waals surface area contributed by atoms with Crippen molar-refractivity contribution in [3.8, 4) is 11.5 Å². The van der Waals surface area contributed by atoms with Crippen molar-refractivity contribution in [3.63, 3.8) is 0 Å². The Hall–Kier alpha value is -3.32. The lowest BCUT2D eigenvalue weighted by Crippen LogP contribution is -2.47. The van der Waals surface area contributed by atoms with Gasteiger partial charge in [0.25, 0.3) is 0 Å². The van der Waals surface area contributed by atoms with Crippen molar-refractivity contribution in [1.29, 1.82) is 0 Å². The number of para-hydroxylation sites is 1. The molecule has 7 heteroatoms. The zero-order chi connectivity index (χ0) is 25.6. The van der Waals surface area contributed by atoms with Gasteiger partial charge >= 0.3 is 0 Å². The minimum absolute atomic E-state index is 0.125. The lowest BCUT2D eigenvalue weighted by Gasteiger charge is -2.38. The third-order valence-corrected chi connectivity index (χ3v) is 7.53. The maximum Gasteiger partial charge on any atom is 0.236 e. The number of methoxy groups -OCH3 is 1. The Morgan fingerprint density at radius 2 is 1.97 bits per heavy atom. The van der Waals surface area contributed by atoms with E-state index in [1.807, 2.05) is 47.4 Å². The highest BCUT2D eigenvalue weighted by atomic mass is 16.5. The van der Waals surface area contributed by atoms with Crippen LogP contribution in [0.4, 0.5) is 0 Å². The average molecular weight is 504 g/mol. The Bertz CT molecular complexity index is 1130. The summed E-state index contributed by atoms with van der Waals surface area (Å²) in [6.45, 7) is 3.31. The second-order valence-electron chi connectivity index (χ2n) is 10.4. The summed E-state index contributed by atoms with van der Waals surface area (Å²) in [7, 11) is 1.67. The molecule has 2 heterocycles. The number of fused-ring (bicyclic) bond motifs is 3. The Labute approximate surface area is 219 Å². The number of rotatable bonds is 6. The molecule has 2 aliphatic heterocycles. The van der Waals surface area contributed by atoms with Crippen molar-refractivity contribution >= 4 is 11.8 Å². The van der Waals surface area contributed by atoms with Crippen LogP contribution >= 0.6 is 0 Å². The molecule has 196 valence electrons. The molecule has 7 nitrogen and oxygen atoms in total. The van der Waals surface area contributed by atoms with Gasteiger partial charge < -0.3 is 19.7 Å². The van der Waals surface area contributed by atoms with Crippen LogP contribution in [0.1, 0.15) is 36.8 Å². The van der Waals surface area contributed by atoms with E-state index in [0.717, 1.165) is 41.9 Å². The van der Waals surface area contributed by atoms with Gasteiger partial charge in [0.15, 0.2) is 0 Å². The number of carbonyl (C=O) groups is 2. The SMILES string of the molecule is COc1cccc(CN2CC(=O)N3CC[C@@H](CC(=O)NC4CC4)[C@@H](/C=C\COc4ccccc4C2)C3)c1. The number of amides is 2. The molecule has 2 bridgehead atoms. The molecule has 2 atom stereocenters. The van der Waals surface area contributed by atoms with Crippen LogP contribution in [0.25, 0.3) is 0 Å². The van der Waals surface area contributed by atoms with Gasteiger partial charge in [0, 0.05) is 44.2 Å². The molecule has 0 radical (unpaired) electrons. The molecule has 2 fully saturated rings. The van der Waals surface area contributed by atoms with Crippen LogP contribution in [-0.4, -0.2) is 61.0 Å². The van der Waals surface area contributed by atoms with Gasteiger partial charge in [-0.3, -0.25) is 14.5 Å². The summed E-state index contributed by atoms with van der Waals surface area (Å²) in [5, 5.41) is 3.12. The third-order valence-electron chi connectivity index (χ3n) is 7.53. The van der Waals surface area contributed by atoms with Gasteiger partial charge in [-0.1, -0.05) is 42.5 Å². The largest absolute Gasteiger partial charge is 0.497 e. The molecule has 5 rings (SSSR count). The number of nitrogens with zero attached hydrogens (tertiary/aromatic N) is 2. The van der Waals surface area contributed by atoms with Gasteiger partial charge in [-0.15, -0.1) is 0 Å². The lowest BCUT2D eigenvalue weighted by atomic mass is 9.82. The highest BCUT2D eigenvalue weighted by molar-refractivity contribution is 5.79. The van der Waals surface area contributed by atoms with Gasteiger partial charge in [0.2, 0.25) is 11.8 Å². The summed E-state index contributed by atoms with van der Waals surface area (Å²) >= 11 is 0. The van der Waals surface area contributed by atoms with Crippen molar-refractivity contribution in [3.05, 3.63) is 71.8 Å². The molecule has 0 unspecified atom stereocenters. The van der Waals surface area contributed by atoms with Crippen LogP contribution in [0.3, 0.4) is 0 Å². The van der Waals surface area contributed by atoms with Gasteiger partial charge in [-0.05, 0) is 54.9 Å². The van der Waals surface area contributed by atoms with Crippen molar-refractivity contribution < 1.29 is 19.1 Å². The fraction of sp³-hybridized carbons (Fsp3) is 0.467. The molecule has 1 N–H and O–H groups in total. The molecule has 3 aliphatic rings. The molecule has 0 aromatic heterocycles. The van der Waals surface area contributed by atoms with Gasteiger partial charge in [-0.25, -0.2) is 0 Å². The fourth-order valence-corrected chi connectivity index (χ4v) is 5.35. The van der Waals surface area contributed by atoms with E-state index >= 15 is 0 Å². The van der Waals surface area contributed by atoms with Crippen LogP contribution in [0, 0.1) is 11.8 Å². The van der Waals surface area contributed by atoms with E-state index in [9.17, 15) is 9.59 Å². The monoisotopic (exact) mass is 503 g/mol. The van der Waals surface area contributed by atoms with Crippen LogP contribution in [0.15, 0.2) is 60.7 Å². The molecule has 0 spiro atoms. The maximum atomic E-state index is 13.6. The number of piperidine rings is 1. The van der Waals surface area contributed by atoms with E-state index in [0.29, 0.717) is 51.8 Å². The summed E-state index contributed by atoms with van der Waals surface area (Å²) in [4.78, 5) is 30.3. The topological polar surface area (TPSA) is 71.1 Å². The fourth-order valence-electron chi connectivity index (χ4n) is 5.35. The Morgan fingerprint density at radius 3 is 2.81 bits per heavy atom. The molecule has 2 aromatic rings. The van der Waals surface area contributed by atoms with E-state index < -0.39 is 0 Å². The van der Waals surface area contributed by atoms with Crippen LogP contribution in [0.5, 0.6) is 11.5 Å². The van der Waals surface area contributed by atoms with Crippen LogP contribution < -0.4 is 14.8 Å². The van der Waals surface area contributed by atoms with Gasteiger partial charge in [0.05, 0.1) is 13.7 Å². The van der Waals surface area contributed by atoms with Gasteiger partial charge in [-0.2, -0.15) is 0 Å². The molecule has 2 aromatic carbocycles. The number of ether oxygens (including phenoxy) is 2. The van der Waals surface area contributed by atoms with Crippen molar-refractivity contribution in [2.24, 2.45) is 11.8 Å². The molecule has 1 saturated heterocycles. The first-order chi connectivity index (χ1) is 18.1. The molecule has 2 amide bonds. The minimum atomic E-state index is 0.125. The standard InChI is InChI=1S/C30H37N3O4/c1-36-27-9-4-6-22(16-27)18-32-19-25-7-2-3-10-28(25)37-15-5-8-24-20-33(30(35)21-32)14-13-23(24)17-29(34)31-26-11-12-26/h2-10,16,23-24,26H,11-15,17-21H2,1H3,(H,31,34)/b8-5-/t23-,24-/m0/s1. The molecule has 1 saturated carbocycles. The normalized spacial score (nSPS) is 23.5. The van der Waals surface area contributed by atoms with Crippen molar-refractivity contribution in [2.75, 3.05) is 33.4 Å². The predicted molar refractivity (Wildman–Crippen MR) is 142 cm³/mol. The highest BCUT2D eigenvalue weighted by Crippen LogP contribution is 2.30. The van der Waals surface area contributed by atoms with Crippen LogP contribution in [-0.2, 0) is 22.7 Å². The first-order valence-electron chi connectivity index (χ1n) is 13.4. The number of benzene rings is 2. The van der Waals surface area contributed by atoms with Crippen molar-refractivity contribution in [2.45, 2.75) is 44.8 Å². The Balaban J connectivity index is 1.36. The summed E-state index contributed by atoms with van der Waals surface area (Å²) in [5.74, 6) is 2.26. The molecular formula is C30H37N3O4. The van der Waals surface area contributed by atoms with E-state index in [2.05, 4.69) is 28.4 Å². The number of hydrogen-bond donors (Lipinski definition) is 1. The number of hydrogen-bond acceptors (Lipinski definition) is 5. The number of nitrogens with one attached hydrogen (secondary N) is 1. The Kier molecular flexibility index (Phi) is 8.09. The highest BCUT2D eigenvalue weighted by Gasteiger charge is 2.33. The second-order valence-corrected chi connectivity index (χ2v) is 10.4. The summed E-state index contributed by atoms with van der Waals surface area (Å²) < 4.78 is 11.6. The molecule has 1 aliphatic carbocycles. The maximum absolute atomic E-state index is 13.6. The number of carbonyl (C=O) groups excluding carboxylic acids is 2. The van der Waals surface area contributed by atoms with Crippen molar-refractivity contribution in [1.82, 2.24) is 15.1 Å². The quantitative estimate of drug-likeness (QED) is 0.608. The van der Waals surface area contributed by atoms with Gasteiger partial charge in [0.1, 0.15) is 18.1 Å². The zero-order valence-corrected chi connectivity index (χ0v) is 21.6. The summed E-state index contributed by atoms with van der Waals surface area (Å²) in [6, 6.07) is 16.4. The summed E-state index contributed by atoms with van der Waals surface area (Å²) in [5.41, 5.74) is 2.15. The molecular weight excluding hydrogens is 466 g/mol. The van der Waals surface area contributed by atoms with E-state index in [4.69, 9.17) is 9.47 Å². The first-order valence-corrected chi connectivity index (χ1v) is 13.4. The zero-order valence-electron chi connectivity index (χ0n) is 21.6. The minimum Gasteiger partial charge on any atom is -0.497 e. The third kappa shape index (κ3) is 6.92. The molecule has 37 heavy (non-hydrogen) atoms. The van der Waals surface area contributed by atoms with E-state index in [1.54, 1.807) is 7.11 Å². The predicted octanol–water partition coefficient (Wildman–Crippen LogP) is 3.78. The van der Waals surface area contributed by atoms with Crippen LogP contribution in [0.2, 0.25) is 0 Å². The average Bonchev–Trinajstić information content (AvgIpc) is 3.71. The Morgan fingerprint density at radius 1 is 1.11 bits per heavy atom. The second kappa shape index (κ2) is 11.8. The first kappa shape index (κ1) is 25.3. The smallest absolute Gasteiger partial charge is 0.236 e. The lowest BCUT2D eigenvalue weighted by molar-refractivity contribution is -0.135. The van der Waals surface area contributed by atoms with E-state index in [-0.39, 0.29) is 23.7 Å². The summed E-state index contributed by atoms with van der Waals surface area (Å²) in [6.07, 6.45) is 7.73.